The van der Waals surface area contributed by atoms with Crippen LogP contribution in [0.3, 0.4) is 0 Å². The first-order valence-electron chi connectivity index (χ1n) is 12.2. The molecule has 1 aliphatic rings. The predicted octanol–water partition coefficient (Wildman–Crippen LogP) is 5.42. The molecule has 0 fully saturated rings. The predicted molar refractivity (Wildman–Crippen MR) is 144 cm³/mol. The zero-order chi connectivity index (χ0) is 27.4. The summed E-state index contributed by atoms with van der Waals surface area (Å²) < 4.78 is 22.8. The molecule has 1 amide bonds. The molecule has 0 aliphatic carbocycles. The number of ether oxygens (including phenoxy) is 4. The number of carboxylic acids is 1. The molecule has 0 saturated carbocycles. The minimum atomic E-state index is -1.25. The molecule has 9 heteroatoms. The first-order valence-corrected chi connectivity index (χ1v) is 12.5. The molecule has 8 nitrogen and oxygen atoms in total. The van der Waals surface area contributed by atoms with Gasteiger partial charge in [-0.05, 0) is 53.9 Å². The molecular weight excluding hydrogens is 510 g/mol. The summed E-state index contributed by atoms with van der Waals surface area (Å²) in [7, 11) is 4.69. The van der Waals surface area contributed by atoms with E-state index in [0.29, 0.717) is 45.5 Å². The Labute approximate surface area is 226 Å². The lowest BCUT2D eigenvalue weighted by atomic mass is 9.93. The molecule has 0 bridgehead atoms. The molecule has 3 aromatic carbocycles. The second-order valence-electron chi connectivity index (χ2n) is 8.79. The van der Waals surface area contributed by atoms with Gasteiger partial charge in [0.05, 0.1) is 40.0 Å². The molecule has 1 heterocycles. The molecule has 38 heavy (non-hydrogen) atoms. The maximum absolute atomic E-state index is 13.9. The number of nitrogens with zero attached hydrogens (tertiary/aromatic N) is 1. The lowest BCUT2D eigenvalue weighted by Gasteiger charge is -2.26. The van der Waals surface area contributed by atoms with Gasteiger partial charge in [0, 0.05) is 22.2 Å². The van der Waals surface area contributed by atoms with Crippen molar-refractivity contribution in [1.82, 2.24) is 0 Å². The summed E-state index contributed by atoms with van der Waals surface area (Å²) in [5.41, 5.74) is 3.61. The van der Waals surface area contributed by atoms with Crippen LogP contribution in [-0.4, -0.2) is 44.4 Å². The van der Waals surface area contributed by atoms with Gasteiger partial charge in [-0.1, -0.05) is 30.7 Å². The van der Waals surface area contributed by atoms with Crippen molar-refractivity contribution < 1.29 is 33.6 Å². The molecule has 200 valence electrons. The summed E-state index contributed by atoms with van der Waals surface area (Å²) in [6.07, 6.45) is -1.87. The minimum absolute atomic E-state index is 0.117. The Hall–Kier alpha value is -3.75. The molecule has 0 aromatic heterocycles. The van der Waals surface area contributed by atoms with E-state index in [2.05, 4.69) is 0 Å². The lowest BCUT2D eigenvalue weighted by molar-refractivity contribution is -0.147. The van der Waals surface area contributed by atoms with Gasteiger partial charge in [-0.3, -0.25) is 9.59 Å². The van der Waals surface area contributed by atoms with Crippen molar-refractivity contribution in [3.63, 3.8) is 0 Å². The second kappa shape index (κ2) is 11.8. The molecule has 1 aliphatic heterocycles. The number of methoxy groups -OCH3 is 3. The van der Waals surface area contributed by atoms with Gasteiger partial charge in [-0.25, -0.2) is 0 Å². The Morgan fingerprint density at radius 3 is 2.42 bits per heavy atom. The average Bonchev–Trinajstić information content (AvgIpc) is 3.02. The van der Waals surface area contributed by atoms with Gasteiger partial charge in [0.25, 0.3) is 5.91 Å². The zero-order valence-corrected chi connectivity index (χ0v) is 22.4. The van der Waals surface area contributed by atoms with Crippen LogP contribution in [0.5, 0.6) is 17.2 Å². The van der Waals surface area contributed by atoms with Crippen LogP contribution in [0.15, 0.2) is 54.6 Å². The van der Waals surface area contributed by atoms with Crippen LogP contribution < -0.4 is 19.1 Å². The Bertz CT molecular complexity index is 1340. The van der Waals surface area contributed by atoms with Crippen molar-refractivity contribution in [2.75, 3.05) is 26.2 Å². The quantitative estimate of drug-likeness (QED) is 0.388. The van der Waals surface area contributed by atoms with E-state index in [1.54, 1.807) is 44.6 Å². The van der Waals surface area contributed by atoms with Crippen molar-refractivity contribution in [3.05, 3.63) is 81.9 Å². The fraction of sp³-hybridized carbons (Fsp3) is 0.310. The maximum atomic E-state index is 13.9. The number of aliphatic carboxylic acids is 1. The number of carboxylic acid groups (broad SMARTS) is 1. The third-order valence-corrected chi connectivity index (χ3v) is 6.85. The summed E-state index contributed by atoms with van der Waals surface area (Å²) >= 11 is 6.45. The van der Waals surface area contributed by atoms with Gasteiger partial charge in [-0.2, -0.15) is 0 Å². The summed E-state index contributed by atoms with van der Waals surface area (Å²) in [4.78, 5) is 27.3. The number of carbonyl (C=O) groups excluding carboxylic acids is 1. The molecular formula is C29H30ClNO7. The number of fused-ring (bicyclic) bond motifs is 1. The summed E-state index contributed by atoms with van der Waals surface area (Å²) in [6, 6.07) is 16.2. The van der Waals surface area contributed by atoms with Crippen molar-refractivity contribution in [1.29, 1.82) is 0 Å². The normalized spacial score (nSPS) is 17.0. The van der Waals surface area contributed by atoms with Crippen LogP contribution in [0, 0.1) is 0 Å². The highest BCUT2D eigenvalue weighted by Crippen LogP contribution is 2.43. The van der Waals surface area contributed by atoms with Crippen molar-refractivity contribution in [3.8, 4) is 17.2 Å². The van der Waals surface area contributed by atoms with Gasteiger partial charge < -0.3 is 29.0 Å². The highest BCUT2D eigenvalue weighted by molar-refractivity contribution is 6.30. The van der Waals surface area contributed by atoms with Crippen LogP contribution in [0.4, 0.5) is 5.69 Å². The molecule has 1 N–H and O–H groups in total. The molecule has 4 rings (SSSR count). The highest BCUT2D eigenvalue weighted by Gasteiger charge is 2.39. The van der Waals surface area contributed by atoms with Gasteiger partial charge in [0.2, 0.25) is 0 Å². The summed E-state index contributed by atoms with van der Waals surface area (Å²) in [5, 5.41) is 10.1. The van der Waals surface area contributed by atoms with E-state index >= 15 is 0 Å². The number of hydrogen-bond donors (Lipinski definition) is 1. The Kier molecular flexibility index (Phi) is 8.44. The molecule has 3 aromatic rings. The first-order chi connectivity index (χ1) is 18.3. The fourth-order valence-electron chi connectivity index (χ4n) is 4.82. The zero-order valence-electron chi connectivity index (χ0n) is 21.7. The third kappa shape index (κ3) is 5.42. The number of amides is 1. The molecule has 0 spiro atoms. The average molecular weight is 540 g/mol. The standard InChI is InChI=1S/C29H30ClNO7/c1-5-20-21(7-6-8-24(20)36-3)28-22-13-18(30)10-12-23(22)31(29(34)26(38-28)15-27(32)33)16-17-9-11-19(35-2)14-25(17)37-4/h6-14,26,28H,5,15-16H2,1-4H3,(H,32,33). The van der Waals surface area contributed by atoms with Crippen LogP contribution in [0.1, 0.15) is 41.7 Å². The molecule has 0 saturated heterocycles. The first kappa shape index (κ1) is 27.3. The van der Waals surface area contributed by atoms with Gasteiger partial charge in [0.15, 0.2) is 0 Å². The largest absolute Gasteiger partial charge is 0.497 e. The Morgan fingerprint density at radius 2 is 1.76 bits per heavy atom. The fourth-order valence-corrected chi connectivity index (χ4v) is 5.00. The summed E-state index contributed by atoms with van der Waals surface area (Å²) in [6.45, 7) is 2.12. The topological polar surface area (TPSA) is 94.5 Å². The maximum Gasteiger partial charge on any atom is 0.306 e. The number of anilines is 1. The number of halogens is 1. The highest BCUT2D eigenvalue weighted by atomic mass is 35.5. The van der Waals surface area contributed by atoms with Gasteiger partial charge >= 0.3 is 5.97 Å². The van der Waals surface area contributed by atoms with Crippen LogP contribution in [0.25, 0.3) is 0 Å². The van der Waals surface area contributed by atoms with Crippen molar-refractivity contribution in [2.24, 2.45) is 0 Å². The van der Waals surface area contributed by atoms with E-state index in [1.807, 2.05) is 31.2 Å². The van der Waals surface area contributed by atoms with E-state index in [-0.39, 0.29) is 6.54 Å². The number of carbonyl (C=O) groups is 2. The second-order valence-corrected chi connectivity index (χ2v) is 9.23. The van der Waals surface area contributed by atoms with Crippen LogP contribution >= 0.6 is 11.6 Å². The molecule has 2 atom stereocenters. The Balaban J connectivity index is 1.91. The molecule has 2 unspecified atom stereocenters. The van der Waals surface area contributed by atoms with E-state index in [4.69, 9.17) is 30.5 Å². The monoisotopic (exact) mass is 539 g/mol. The lowest BCUT2D eigenvalue weighted by Crippen LogP contribution is -2.40. The molecule has 0 radical (unpaired) electrons. The van der Waals surface area contributed by atoms with E-state index in [0.717, 1.165) is 11.1 Å². The SMILES string of the molecule is CCc1c(OC)cccc1C1OC(CC(=O)O)C(=O)N(Cc2ccc(OC)cc2OC)c2ccc(Cl)cc21. The van der Waals surface area contributed by atoms with Crippen LogP contribution in [-0.2, 0) is 27.3 Å². The van der Waals surface area contributed by atoms with E-state index in [9.17, 15) is 14.7 Å². The van der Waals surface area contributed by atoms with Gasteiger partial charge in [-0.15, -0.1) is 0 Å². The third-order valence-electron chi connectivity index (χ3n) is 6.61. The van der Waals surface area contributed by atoms with E-state index in [1.165, 1.54) is 12.0 Å². The van der Waals surface area contributed by atoms with Crippen molar-refractivity contribution in [2.45, 2.75) is 38.5 Å². The Morgan fingerprint density at radius 1 is 1.00 bits per heavy atom. The minimum Gasteiger partial charge on any atom is -0.497 e. The summed E-state index contributed by atoms with van der Waals surface area (Å²) in [5.74, 6) is 0.205. The number of benzene rings is 3. The van der Waals surface area contributed by atoms with Gasteiger partial charge in [0.1, 0.15) is 29.5 Å². The van der Waals surface area contributed by atoms with Crippen LogP contribution in [0.2, 0.25) is 5.02 Å². The number of rotatable bonds is 9. The number of hydrogen-bond acceptors (Lipinski definition) is 6. The van der Waals surface area contributed by atoms with E-state index < -0.39 is 30.5 Å². The van der Waals surface area contributed by atoms with Crippen molar-refractivity contribution >= 4 is 29.2 Å². The smallest absolute Gasteiger partial charge is 0.306 e.